The summed E-state index contributed by atoms with van der Waals surface area (Å²) in [4.78, 5) is 11.7. The lowest BCUT2D eigenvalue weighted by molar-refractivity contribution is -0.136. The molecule has 2 rings (SSSR count). The molecule has 1 heterocycles. The third-order valence-electron chi connectivity index (χ3n) is 7.05. The van der Waals surface area contributed by atoms with Gasteiger partial charge in [-0.05, 0) is 25.9 Å². The average Bonchev–Trinajstić information content (AvgIpc) is 3.17. The van der Waals surface area contributed by atoms with Crippen molar-refractivity contribution < 1.29 is 83.6 Å². The second kappa shape index (κ2) is 32.1. The molecule has 0 saturated carbocycles. The Bertz CT molecular complexity index is 1050. The van der Waals surface area contributed by atoms with Crippen LogP contribution in [0.3, 0.4) is 0 Å². The molecule has 14 nitrogen and oxygen atoms in total. The van der Waals surface area contributed by atoms with Gasteiger partial charge < -0.3 is 62.2 Å². The Morgan fingerprint density at radius 1 is 0.434 bits per heavy atom. The molecule has 0 atom stereocenters. The minimum atomic E-state index is -2.35. The van der Waals surface area contributed by atoms with Crippen LogP contribution in [-0.4, -0.2) is 164 Å². The molecular weight excluding hydrogens is 725 g/mol. The van der Waals surface area contributed by atoms with Gasteiger partial charge in [0.15, 0.2) is 0 Å². The lowest BCUT2D eigenvalue weighted by Crippen LogP contribution is -2.33. The largest absolute Gasteiger partial charge is 0.420 e. The molecule has 0 aromatic heterocycles. The fourth-order valence-electron chi connectivity index (χ4n) is 4.31. The van der Waals surface area contributed by atoms with Gasteiger partial charge in [0.1, 0.15) is 0 Å². The van der Waals surface area contributed by atoms with Gasteiger partial charge >= 0.3 is 5.97 Å². The van der Waals surface area contributed by atoms with Gasteiger partial charge in [0.05, 0.1) is 151 Å². The van der Waals surface area contributed by atoms with Gasteiger partial charge in [-0.3, -0.25) is 4.79 Å². The minimum absolute atomic E-state index is 0.0813. The number of carbonyl (C=O) groups is 1. The van der Waals surface area contributed by atoms with Crippen LogP contribution >= 0.6 is 0 Å². The highest BCUT2D eigenvalue weighted by Gasteiger charge is 2.28. The first-order valence-corrected chi connectivity index (χ1v) is 17.7. The summed E-state index contributed by atoms with van der Waals surface area (Å²) >= 11 is 0. The van der Waals surface area contributed by atoms with Crippen LogP contribution in [0.1, 0.15) is 19.3 Å². The van der Waals surface area contributed by atoms with Crippen molar-refractivity contribution in [3.63, 3.8) is 0 Å². The average molecular weight is 780 g/mol. The molecule has 0 aliphatic carbocycles. The summed E-state index contributed by atoms with van der Waals surface area (Å²) in [6, 6.07) is 0. The number of benzene rings is 1. The first-order valence-electron chi connectivity index (χ1n) is 17.7. The van der Waals surface area contributed by atoms with Crippen LogP contribution in [0.25, 0.3) is 0 Å². The highest BCUT2D eigenvalue weighted by atomic mass is 19.2. The number of esters is 1. The third-order valence-corrected chi connectivity index (χ3v) is 7.05. The van der Waals surface area contributed by atoms with E-state index in [0.29, 0.717) is 118 Å². The Kier molecular flexibility index (Phi) is 28.5. The van der Waals surface area contributed by atoms with E-state index in [1.165, 1.54) is 0 Å². The first kappa shape index (κ1) is 47.0. The van der Waals surface area contributed by atoms with E-state index in [1.807, 2.05) is 0 Å². The minimum Gasteiger partial charge on any atom is -0.420 e. The van der Waals surface area contributed by atoms with E-state index < -0.39 is 47.2 Å². The topological polar surface area (TPSA) is 140 Å². The molecule has 308 valence electrons. The Hall–Kier alpha value is -2.14. The molecule has 0 amide bonds. The predicted molar refractivity (Wildman–Crippen MR) is 177 cm³/mol. The molecule has 1 aliphatic heterocycles. The maximum Gasteiger partial charge on any atom is 0.313 e. The number of hydrogen-bond acceptors (Lipinski definition) is 14. The smallest absolute Gasteiger partial charge is 0.313 e. The van der Waals surface area contributed by atoms with E-state index in [1.54, 1.807) is 0 Å². The van der Waals surface area contributed by atoms with Crippen LogP contribution < -0.4 is 10.1 Å². The quantitative estimate of drug-likeness (QED) is 0.0270. The number of piperidine rings is 1. The number of nitrogens with one attached hydrogen (secondary N) is 1. The molecule has 0 spiro atoms. The van der Waals surface area contributed by atoms with Gasteiger partial charge in [0, 0.05) is 0 Å². The normalized spacial score (nSPS) is 13.6. The van der Waals surface area contributed by atoms with Crippen LogP contribution in [0.2, 0.25) is 0 Å². The lowest BCUT2D eigenvalue weighted by atomic mass is 10.1. The second-order valence-electron chi connectivity index (χ2n) is 11.1. The third kappa shape index (κ3) is 23.4. The molecule has 0 radical (unpaired) electrons. The van der Waals surface area contributed by atoms with Crippen LogP contribution in [0.5, 0.6) is 5.75 Å². The summed E-state index contributed by atoms with van der Waals surface area (Å²) in [6.45, 7) is 10.2. The molecule has 1 aliphatic rings. The van der Waals surface area contributed by atoms with Crippen LogP contribution in [0.15, 0.2) is 0 Å². The molecule has 1 saturated heterocycles. The zero-order chi connectivity index (χ0) is 38.2. The van der Waals surface area contributed by atoms with E-state index in [2.05, 4.69) is 10.1 Å². The Balaban J connectivity index is 1.20. The molecule has 1 aromatic carbocycles. The summed E-state index contributed by atoms with van der Waals surface area (Å²) in [5.41, 5.74) is 0. The predicted octanol–water partition coefficient (Wildman–Crippen LogP) is 2.61. The number of hydrogen-bond donors (Lipinski definition) is 1. The van der Waals surface area contributed by atoms with Crippen LogP contribution in [0.4, 0.5) is 22.0 Å². The van der Waals surface area contributed by atoms with Crippen molar-refractivity contribution in [1.29, 1.82) is 0 Å². The SMILES string of the molecule is O=C(CCOCCOCCOCCOCCOCCOCCOCCOCCOCCOCCOC1CCNCC1)Oc1c(F)c(F)c(F)c(F)c1F. The van der Waals surface area contributed by atoms with Crippen molar-refractivity contribution in [1.82, 2.24) is 5.32 Å². The molecule has 0 unspecified atom stereocenters. The Labute approximate surface area is 307 Å². The van der Waals surface area contributed by atoms with Crippen molar-refractivity contribution in [3.8, 4) is 5.75 Å². The highest BCUT2D eigenvalue weighted by Crippen LogP contribution is 2.29. The van der Waals surface area contributed by atoms with Gasteiger partial charge in [0.2, 0.25) is 34.8 Å². The summed E-state index contributed by atoms with van der Waals surface area (Å²) in [5.74, 6) is -14.1. The maximum absolute atomic E-state index is 13.5. The van der Waals surface area contributed by atoms with Gasteiger partial charge in [0.25, 0.3) is 0 Å². The van der Waals surface area contributed by atoms with E-state index >= 15 is 0 Å². The van der Waals surface area contributed by atoms with Gasteiger partial charge in [-0.25, -0.2) is 13.2 Å². The lowest BCUT2D eigenvalue weighted by Gasteiger charge is -2.22. The van der Waals surface area contributed by atoms with E-state index in [4.69, 9.17) is 52.1 Å². The molecular formula is C34H54F5NO13. The Morgan fingerprint density at radius 2 is 0.717 bits per heavy atom. The van der Waals surface area contributed by atoms with Gasteiger partial charge in [-0.15, -0.1) is 0 Å². The van der Waals surface area contributed by atoms with Gasteiger partial charge in [-0.2, -0.15) is 8.78 Å². The van der Waals surface area contributed by atoms with Crippen LogP contribution in [-0.2, 0) is 56.9 Å². The van der Waals surface area contributed by atoms with Crippen molar-refractivity contribution in [2.75, 3.05) is 152 Å². The van der Waals surface area contributed by atoms with E-state index in [0.717, 1.165) is 25.9 Å². The van der Waals surface area contributed by atoms with E-state index in [9.17, 15) is 26.7 Å². The molecule has 1 N–H and O–H groups in total. The second-order valence-corrected chi connectivity index (χ2v) is 11.1. The monoisotopic (exact) mass is 779 g/mol. The van der Waals surface area contributed by atoms with Crippen molar-refractivity contribution in [2.24, 2.45) is 0 Å². The first-order chi connectivity index (χ1) is 25.9. The summed E-state index contributed by atoms with van der Waals surface area (Å²) in [6.07, 6.45) is 1.98. The van der Waals surface area contributed by atoms with Gasteiger partial charge in [-0.1, -0.05) is 0 Å². The zero-order valence-corrected chi connectivity index (χ0v) is 30.2. The highest BCUT2D eigenvalue weighted by molar-refractivity contribution is 5.72. The summed E-state index contributed by atoms with van der Waals surface area (Å²) < 4.78 is 130. The molecule has 53 heavy (non-hydrogen) atoms. The summed E-state index contributed by atoms with van der Waals surface area (Å²) in [5, 5.41) is 3.31. The molecule has 1 fully saturated rings. The Morgan fingerprint density at radius 3 is 1.06 bits per heavy atom. The zero-order valence-electron chi connectivity index (χ0n) is 30.2. The fraction of sp³-hybridized carbons (Fsp3) is 0.794. The maximum atomic E-state index is 13.5. The molecule has 19 heteroatoms. The number of carbonyl (C=O) groups excluding carboxylic acids is 1. The number of ether oxygens (including phenoxy) is 12. The number of rotatable bonds is 35. The standard InChI is InChI=1S/C34H54F5NO13/c35-29-30(36)32(38)34(33(39)31(29)37)53-28(41)3-6-42-7-8-43-9-10-44-11-12-45-13-14-46-15-16-47-17-18-48-19-20-49-21-22-50-23-24-51-25-26-52-27-1-4-40-5-2-27/h27,40H,1-26H2. The van der Waals surface area contributed by atoms with Crippen molar-refractivity contribution >= 4 is 5.97 Å². The summed E-state index contributed by atoms with van der Waals surface area (Å²) in [7, 11) is 0. The number of halogens is 5. The molecule has 0 bridgehead atoms. The van der Waals surface area contributed by atoms with Crippen LogP contribution in [0, 0.1) is 29.1 Å². The van der Waals surface area contributed by atoms with Crippen molar-refractivity contribution in [3.05, 3.63) is 29.1 Å². The van der Waals surface area contributed by atoms with E-state index in [-0.39, 0.29) is 26.4 Å². The van der Waals surface area contributed by atoms with Crippen molar-refractivity contribution in [2.45, 2.75) is 25.4 Å². The molecule has 1 aromatic rings. The fourth-order valence-corrected chi connectivity index (χ4v) is 4.31.